The molecule has 21 heavy (non-hydrogen) atoms. The third-order valence-corrected chi connectivity index (χ3v) is 3.29. The number of aliphatic carboxylic acids is 1. The van der Waals surface area contributed by atoms with E-state index in [1.165, 1.54) is 6.08 Å². The lowest BCUT2D eigenvalue weighted by atomic mass is 10.1. The van der Waals surface area contributed by atoms with Crippen molar-refractivity contribution in [2.75, 3.05) is 19.7 Å². The fourth-order valence-corrected chi connectivity index (χ4v) is 2.30. The van der Waals surface area contributed by atoms with E-state index < -0.39 is 5.97 Å². The molecule has 0 spiro atoms. The van der Waals surface area contributed by atoms with Crippen molar-refractivity contribution in [1.29, 1.82) is 0 Å². The largest absolute Gasteiger partial charge is 0.478 e. The second kappa shape index (κ2) is 7.04. The Bertz CT molecular complexity index is 553. The van der Waals surface area contributed by atoms with E-state index >= 15 is 0 Å². The highest BCUT2D eigenvalue weighted by atomic mass is 16.5. The number of carboxylic acid groups (broad SMARTS) is 1. The molecule has 112 valence electrons. The summed E-state index contributed by atoms with van der Waals surface area (Å²) in [7, 11) is 0. The number of hydrogen-bond donors (Lipinski definition) is 1. The Balaban J connectivity index is 2.14. The summed E-state index contributed by atoms with van der Waals surface area (Å²) in [6, 6.07) is 6.98. The fourth-order valence-electron chi connectivity index (χ4n) is 2.30. The topological polar surface area (TPSA) is 66.8 Å². The molecule has 0 aromatic heterocycles. The van der Waals surface area contributed by atoms with E-state index in [1.54, 1.807) is 29.2 Å². The van der Waals surface area contributed by atoms with Gasteiger partial charge in [-0.25, -0.2) is 4.79 Å². The van der Waals surface area contributed by atoms with E-state index in [9.17, 15) is 9.59 Å². The molecule has 1 aromatic rings. The maximum atomic E-state index is 12.5. The van der Waals surface area contributed by atoms with Crippen LogP contribution < -0.4 is 0 Å². The number of rotatable bonds is 3. The average Bonchev–Trinajstić information content (AvgIpc) is 2.69. The molecule has 5 nitrogen and oxygen atoms in total. The lowest BCUT2D eigenvalue weighted by Crippen LogP contribution is -2.35. The van der Waals surface area contributed by atoms with Gasteiger partial charge in [0.25, 0.3) is 5.91 Å². The van der Waals surface area contributed by atoms with Crippen molar-refractivity contribution in [1.82, 2.24) is 4.90 Å². The molecule has 1 heterocycles. The third-order valence-electron chi connectivity index (χ3n) is 3.29. The summed E-state index contributed by atoms with van der Waals surface area (Å²) in [5.74, 6) is -1.05. The van der Waals surface area contributed by atoms with Crippen molar-refractivity contribution in [2.24, 2.45) is 0 Å². The number of carbonyl (C=O) groups is 2. The molecule has 1 saturated heterocycles. The molecule has 1 aromatic carbocycles. The second-order valence-corrected chi connectivity index (χ2v) is 5.08. The first-order chi connectivity index (χ1) is 10.1. The molecule has 1 aliphatic heterocycles. The van der Waals surface area contributed by atoms with E-state index in [0.29, 0.717) is 30.8 Å². The predicted octanol–water partition coefficient (Wildman–Crippen LogP) is 2.04. The smallest absolute Gasteiger partial charge is 0.328 e. The minimum absolute atomic E-state index is 0.0338. The van der Waals surface area contributed by atoms with Crippen LogP contribution >= 0.6 is 0 Å². The van der Waals surface area contributed by atoms with Crippen molar-refractivity contribution in [3.8, 4) is 0 Å². The minimum Gasteiger partial charge on any atom is -0.478 e. The number of ether oxygens (including phenoxy) is 1. The maximum Gasteiger partial charge on any atom is 0.328 e. The Labute approximate surface area is 123 Å². The van der Waals surface area contributed by atoms with Crippen LogP contribution in [-0.4, -0.2) is 47.7 Å². The molecule has 1 amide bonds. The van der Waals surface area contributed by atoms with Crippen LogP contribution in [0.3, 0.4) is 0 Å². The predicted molar refractivity (Wildman–Crippen MR) is 79.0 cm³/mol. The molecule has 5 heteroatoms. The molecule has 2 rings (SSSR count). The summed E-state index contributed by atoms with van der Waals surface area (Å²) in [6.07, 6.45) is 3.40. The van der Waals surface area contributed by atoms with E-state index in [-0.39, 0.29) is 12.0 Å². The molecule has 1 N–H and O–H groups in total. The quantitative estimate of drug-likeness (QED) is 0.865. The number of carbonyl (C=O) groups excluding carboxylic acids is 1. The number of amides is 1. The first-order valence-corrected chi connectivity index (χ1v) is 6.98. The molecular formula is C16H19NO4. The molecule has 1 fully saturated rings. The minimum atomic E-state index is -1.01. The van der Waals surface area contributed by atoms with Gasteiger partial charge in [0.15, 0.2) is 0 Å². The fraction of sp³-hybridized carbons (Fsp3) is 0.375. The van der Waals surface area contributed by atoms with Crippen molar-refractivity contribution >= 4 is 18.0 Å². The Hall–Kier alpha value is -2.14. The molecular weight excluding hydrogens is 270 g/mol. The monoisotopic (exact) mass is 289 g/mol. The maximum absolute atomic E-state index is 12.5. The van der Waals surface area contributed by atoms with Crippen LogP contribution in [0.15, 0.2) is 30.3 Å². The van der Waals surface area contributed by atoms with Crippen LogP contribution in [0.25, 0.3) is 6.08 Å². The van der Waals surface area contributed by atoms with E-state index in [1.807, 2.05) is 6.92 Å². The van der Waals surface area contributed by atoms with Gasteiger partial charge < -0.3 is 14.7 Å². The Morgan fingerprint density at radius 2 is 2.24 bits per heavy atom. The number of hydrogen-bond acceptors (Lipinski definition) is 3. The van der Waals surface area contributed by atoms with Gasteiger partial charge >= 0.3 is 5.97 Å². The molecule has 0 saturated carbocycles. The Kier molecular flexibility index (Phi) is 5.11. The Morgan fingerprint density at radius 1 is 1.43 bits per heavy atom. The molecule has 0 bridgehead atoms. The molecule has 0 aliphatic carbocycles. The summed E-state index contributed by atoms with van der Waals surface area (Å²) < 4.78 is 5.54. The van der Waals surface area contributed by atoms with E-state index in [0.717, 1.165) is 12.5 Å². The van der Waals surface area contributed by atoms with E-state index in [4.69, 9.17) is 9.84 Å². The summed E-state index contributed by atoms with van der Waals surface area (Å²) in [5.41, 5.74) is 1.26. The number of nitrogens with zero attached hydrogens (tertiary/aromatic N) is 1. The van der Waals surface area contributed by atoms with Gasteiger partial charge in [-0.2, -0.15) is 0 Å². The molecule has 1 aliphatic rings. The number of carboxylic acids is 1. The van der Waals surface area contributed by atoms with Gasteiger partial charge in [0.05, 0.1) is 6.10 Å². The zero-order valence-electron chi connectivity index (χ0n) is 12.0. The van der Waals surface area contributed by atoms with Crippen LogP contribution in [-0.2, 0) is 9.53 Å². The normalized spacial score (nSPS) is 19.5. The summed E-state index contributed by atoms with van der Waals surface area (Å²) in [5, 5.41) is 8.64. The van der Waals surface area contributed by atoms with Crippen LogP contribution in [0.4, 0.5) is 0 Å². The summed E-state index contributed by atoms with van der Waals surface area (Å²) in [6.45, 7) is 3.89. The zero-order chi connectivity index (χ0) is 15.2. The van der Waals surface area contributed by atoms with Crippen LogP contribution in [0.2, 0.25) is 0 Å². The Morgan fingerprint density at radius 3 is 3.00 bits per heavy atom. The van der Waals surface area contributed by atoms with Gasteiger partial charge in [0, 0.05) is 31.3 Å². The lowest BCUT2D eigenvalue weighted by molar-refractivity contribution is -0.131. The highest BCUT2D eigenvalue weighted by Gasteiger charge is 2.20. The molecule has 1 unspecified atom stereocenters. The van der Waals surface area contributed by atoms with Crippen LogP contribution in [0.1, 0.15) is 29.3 Å². The van der Waals surface area contributed by atoms with Crippen molar-refractivity contribution < 1.29 is 19.4 Å². The lowest BCUT2D eigenvalue weighted by Gasteiger charge is -2.22. The second-order valence-electron chi connectivity index (χ2n) is 5.08. The van der Waals surface area contributed by atoms with Gasteiger partial charge in [-0.3, -0.25) is 4.79 Å². The van der Waals surface area contributed by atoms with Gasteiger partial charge in [-0.1, -0.05) is 12.1 Å². The van der Waals surface area contributed by atoms with Gasteiger partial charge in [0.2, 0.25) is 0 Å². The highest BCUT2D eigenvalue weighted by Crippen LogP contribution is 2.13. The first kappa shape index (κ1) is 15.3. The number of benzene rings is 1. The van der Waals surface area contributed by atoms with Crippen LogP contribution in [0, 0.1) is 0 Å². The van der Waals surface area contributed by atoms with Crippen LogP contribution in [0.5, 0.6) is 0 Å². The highest BCUT2D eigenvalue weighted by molar-refractivity contribution is 5.95. The van der Waals surface area contributed by atoms with Gasteiger partial charge in [-0.15, -0.1) is 0 Å². The van der Waals surface area contributed by atoms with E-state index in [2.05, 4.69) is 0 Å². The average molecular weight is 289 g/mol. The summed E-state index contributed by atoms with van der Waals surface area (Å²) >= 11 is 0. The summed E-state index contributed by atoms with van der Waals surface area (Å²) in [4.78, 5) is 24.8. The molecule has 1 atom stereocenters. The van der Waals surface area contributed by atoms with Crippen molar-refractivity contribution in [3.63, 3.8) is 0 Å². The first-order valence-electron chi connectivity index (χ1n) is 6.98. The van der Waals surface area contributed by atoms with Gasteiger partial charge in [-0.05, 0) is 37.1 Å². The SMILES string of the molecule is CC1CN(C(=O)c2cccc(C=CC(=O)O)c2)CCCO1. The zero-order valence-corrected chi connectivity index (χ0v) is 12.0. The standard InChI is InChI=1S/C16H19NO4/c1-12-11-17(8-3-9-21-12)16(20)14-5-2-4-13(10-14)6-7-15(18)19/h2,4-7,10,12H,3,8-9,11H2,1H3,(H,18,19). The van der Waals surface area contributed by atoms with Gasteiger partial charge in [0.1, 0.15) is 0 Å². The molecule has 0 radical (unpaired) electrons. The van der Waals surface area contributed by atoms with Crippen molar-refractivity contribution in [2.45, 2.75) is 19.4 Å². The van der Waals surface area contributed by atoms with Crippen molar-refractivity contribution in [3.05, 3.63) is 41.5 Å². The third kappa shape index (κ3) is 4.43.